The Kier molecular flexibility index (Phi) is 2.56. The number of methoxy groups -OCH3 is 2. The van der Waals surface area contributed by atoms with Crippen LogP contribution >= 0.6 is 0 Å². The SMILES string of the molecule is COc1ccc2c(=O)c(OC)c(C)oc2c1. The average Bonchev–Trinajstić information content (AvgIpc) is 2.28. The van der Waals surface area contributed by atoms with Crippen LogP contribution in [0.2, 0.25) is 0 Å². The number of aryl methyl sites for hydroxylation is 1. The number of fused-ring (bicyclic) bond motifs is 1. The number of hydrogen-bond donors (Lipinski definition) is 0. The van der Waals surface area contributed by atoms with Crippen molar-refractivity contribution in [2.45, 2.75) is 6.92 Å². The summed E-state index contributed by atoms with van der Waals surface area (Å²) in [6, 6.07) is 5.07. The largest absolute Gasteiger partial charge is 0.497 e. The Labute approximate surface area is 92.4 Å². The number of hydrogen-bond acceptors (Lipinski definition) is 4. The first-order chi connectivity index (χ1) is 7.67. The predicted molar refractivity (Wildman–Crippen MR) is 60.3 cm³/mol. The summed E-state index contributed by atoms with van der Waals surface area (Å²) < 4.78 is 15.6. The molecule has 0 unspecified atom stereocenters. The molecular formula is C12H12O4. The van der Waals surface area contributed by atoms with E-state index in [4.69, 9.17) is 13.9 Å². The summed E-state index contributed by atoms with van der Waals surface area (Å²) in [5.74, 6) is 1.37. The van der Waals surface area contributed by atoms with Gasteiger partial charge in [-0.25, -0.2) is 0 Å². The highest BCUT2D eigenvalue weighted by Crippen LogP contribution is 2.23. The Balaban J connectivity index is 2.82. The predicted octanol–water partition coefficient (Wildman–Crippen LogP) is 2.12. The van der Waals surface area contributed by atoms with Crippen LogP contribution in [0.5, 0.6) is 11.5 Å². The summed E-state index contributed by atoms with van der Waals surface area (Å²) in [6.07, 6.45) is 0. The molecule has 84 valence electrons. The maximum atomic E-state index is 12.0. The van der Waals surface area contributed by atoms with Gasteiger partial charge in [0.15, 0.2) is 0 Å². The number of rotatable bonds is 2. The maximum absolute atomic E-state index is 12.0. The second-order valence-corrected chi connectivity index (χ2v) is 3.38. The highest BCUT2D eigenvalue weighted by molar-refractivity contribution is 5.79. The Hall–Kier alpha value is -1.97. The van der Waals surface area contributed by atoms with Gasteiger partial charge in [0.2, 0.25) is 11.2 Å². The highest BCUT2D eigenvalue weighted by atomic mass is 16.5. The fourth-order valence-corrected chi connectivity index (χ4v) is 1.63. The van der Waals surface area contributed by atoms with Gasteiger partial charge in [-0.3, -0.25) is 4.79 Å². The standard InChI is InChI=1S/C12H12O4/c1-7-12(15-3)11(13)9-5-4-8(14-2)6-10(9)16-7/h4-6H,1-3H3. The molecule has 4 nitrogen and oxygen atoms in total. The van der Waals surface area contributed by atoms with E-state index in [0.717, 1.165) is 0 Å². The van der Waals surface area contributed by atoms with Gasteiger partial charge in [0.05, 0.1) is 19.6 Å². The molecule has 4 heteroatoms. The summed E-state index contributed by atoms with van der Waals surface area (Å²) in [5.41, 5.74) is 0.339. The van der Waals surface area contributed by atoms with E-state index in [0.29, 0.717) is 22.5 Å². The third-order valence-electron chi connectivity index (χ3n) is 2.43. The molecule has 0 aliphatic carbocycles. The summed E-state index contributed by atoms with van der Waals surface area (Å²) in [4.78, 5) is 12.0. The Morgan fingerprint density at radius 2 is 1.94 bits per heavy atom. The van der Waals surface area contributed by atoms with E-state index in [1.165, 1.54) is 7.11 Å². The fraction of sp³-hybridized carbons (Fsp3) is 0.250. The molecule has 16 heavy (non-hydrogen) atoms. The van der Waals surface area contributed by atoms with Crippen LogP contribution in [0, 0.1) is 6.92 Å². The van der Waals surface area contributed by atoms with Crippen molar-refractivity contribution in [1.29, 1.82) is 0 Å². The quantitative estimate of drug-likeness (QED) is 0.777. The Morgan fingerprint density at radius 3 is 2.56 bits per heavy atom. The number of ether oxygens (including phenoxy) is 2. The van der Waals surface area contributed by atoms with Crippen LogP contribution in [0.15, 0.2) is 27.4 Å². The number of benzene rings is 1. The van der Waals surface area contributed by atoms with E-state index in [-0.39, 0.29) is 11.2 Å². The zero-order chi connectivity index (χ0) is 11.7. The molecule has 0 amide bonds. The van der Waals surface area contributed by atoms with Crippen molar-refractivity contribution in [2.24, 2.45) is 0 Å². The lowest BCUT2D eigenvalue weighted by molar-refractivity contribution is 0.383. The normalized spacial score (nSPS) is 10.4. The molecule has 0 atom stereocenters. The van der Waals surface area contributed by atoms with Crippen molar-refractivity contribution in [1.82, 2.24) is 0 Å². The van der Waals surface area contributed by atoms with Crippen molar-refractivity contribution in [3.05, 3.63) is 34.2 Å². The monoisotopic (exact) mass is 220 g/mol. The molecule has 0 aliphatic heterocycles. The lowest BCUT2D eigenvalue weighted by Crippen LogP contribution is -2.07. The zero-order valence-corrected chi connectivity index (χ0v) is 9.37. The molecule has 0 saturated heterocycles. The molecule has 1 aromatic carbocycles. The van der Waals surface area contributed by atoms with E-state index >= 15 is 0 Å². The summed E-state index contributed by atoms with van der Waals surface area (Å²) in [5, 5.41) is 0.489. The van der Waals surface area contributed by atoms with Gasteiger partial charge >= 0.3 is 0 Å². The van der Waals surface area contributed by atoms with Crippen molar-refractivity contribution in [3.63, 3.8) is 0 Å². The molecule has 0 bridgehead atoms. The van der Waals surface area contributed by atoms with Gasteiger partial charge in [0, 0.05) is 6.07 Å². The summed E-state index contributed by atoms with van der Waals surface area (Å²) >= 11 is 0. The molecule has 0 spiro atoms. The Bertz CT molecular complexity index is 583. The van der Waals surface area contributed by atoms with Crippen LogP contribution in [0.25, 0.3) is 11.0 Å². The highest BCUT2D eigenvalue weighted by Gasteiger charge is 2.11. The molecule has 1 heterocycles. The molecule has 0 saturated carbocycles. The second-order valence-electron chi connectivity index (χ2n) is 3.38. The van der Waals surface area contributed by atoms with Crippen LogP contribution in [0.3, 0.4) is 0 Å². The van der Waals surface area contributed by atoms with E-state index in [1.54, 1.807) is 32.2 Å². The molecule has 2 rings (SSSR count). The Morgan fingerprint density at radius 1 is 1.19 bits per heavy atom. The van der Waals surface area contributed by atoms with Crippen molar-refractivity contribution >= 4 is 11.0 Å². The van der Waals surface area contributed by atoms with Crippen molar-refractivity contribution < 1.29 is 13.9 Å². The van der Waals surface area contributed by atoms with Gasteiger partial charge in [-0.2, -0.15) is 0 Å². The smallest absolute Gasteiger partial charge is 0.234 e. The molecular weight excluding hydrogens is 208 g/mol. The zero-order valence-electron chi connectivity index (χ0n) is 9.37. The average molecular weight is 220 g/mol. The molecule has 0 N–H and O–H groups in total. The van der Waals surface area contributed by atoms with Gasteiger partial charge in [0.25, 0.3) is 0 Å². The third-order valence-corrected chi connectivity index (χ3v) is 2.43. The van der Waals surface area contributed by atoms with E-state index in [2.05, 4.69) is 0 Å². The van der Waals surface area contributed by atoms with E-state index in [1.807, 2.05) is 0 Å². The molecule has 2 aromatic rings. The topological polar surface area (TPSA) is 48.7 Å². The summed E-state index contributed by atoms with van der Waals surface area (Å²) in [6.45, 7) is 1.69. The van der Waals surface area contributed by atoms with Gasteiger partial charge in [-0.15, -0.1) is 0 Å². The molecule has 1 aromatic heterocycles. The van der Waals surface area contributed by atoms with Gasteiger partial charge in [-0.1, -0.05) is 0 Å². The fourth-order valence-electron chi connectivity index (χ4n) is 1.63. The van der Waals surface area contributed by atoms with Crippen LogP contribution < -0.4 is 14.9 Å². The molecule has 0 radical (unpaired) electrons. The molecule has 0 aliphatic rings. The van der Waals surface area contributed by atoms with Crippen molar-refractivity contribution in [2.75, 3.05) is 14.2 Å². The second kappa shape index (κ2) is 3.89. The third kappa shape index (κ3) is 1.52. The van der Waals surface area contributed by atoms with Crippen LogP contribution in [-0.2, 0) is 0 Å². The van der Waals surface area contributed by atoms with Gasteiger partial charge < -0.3 is 13.9 Å². The summed E-state index contributed by atoms with van der Waals surface area (Å²) in [7, 11) is 3.02. The first-order valence-electron chi connectivity index (χ1n) is 4.83. The minimum atomic E-state index is -0.163. The van der Waals surface area contributed by atoms with E-state index < -0.39 is 0 Å². The van der Waals surface area contributed by atoms with Crippen molar-refractivity contribution in [3.8, 4) is 11.5 Å². The lowest BCUT2D eigenvalue weighted by atomic mass is 10.2. The van der Waals surface area contributed by atoms with E-state index in [9.17, 15) is 4.79 Å². The van der Waals surface area contributed by atoms with Crippen LogP contribution in [-0.4, -0.2) is 14.2 Å². The lowest BCUT2D eigenvalue weighted by Gasteiger charge is -2.06. The minimum absolute atomic E-state index is 0.163. The van der Waals surface area contributed by atoms with Crippen LogP contribution in [0.1, 0.15) is 5.76 Å². The van der Waals surface area contributed by atoms with Gasteiger partial charge in [-0.05, 0) is 19.1 Å². The van der Waals surface area contributed by atoms with Crippen LogP contribution in [0.4, 0.5) is 0 Å². The first kappa shape index (κ1) is 10.5. The first-order valence-corrected chi connectivity index (χ1v) is 4.83. The molecule has 0 fully saturated rings. The maximum Gasteiger partial charge on any atom is 0.234 e. The van der Waals surface area contributed by atoms with Gasteiger partial charge in [0.1, 0.15) is 17.1 Å². The minimum Gasteiger partial charge on any atom is -0.497 e.